The van der Waals surface area contributed by atoms with Gasteiger partial charge in [0.05, 0.1) is 19.6 Å². The Kier molecular flexibility index (Phi) is 6.38. The Morgan fingerprint density at radius 3 is 2.53 bits per heavy atom. The summed E-state index contributed by atoms with van der Waals surface area (Å²) >= 11 is 0. The highest BCUT2D eigenvalue weighted by molar-refractivity contribution is 5.83. The minimum Gasteiger partial charge on any atom is -0.454 e. The molecule has 5 heterocycles. The molecule has 4 saturated heterocycles. The van der Waals surface area contributed by atoms with Crippen molar-refractivity contribution >= 4 is 16.9 Å². The number of benzene rings is 2. The zero-order chi connectivity index (χ0) is 24.6. The number of para-hydroxylation sites is 1. The monoisotopic (exact) mass is 486 g/mol. The van der Waals surface area contributed by atoms with Gasteiger partial charge in [0, 0.05) is 42.3 Å². The maximum atomic E-state index is 14.0. The quantitative estimate of drug-likeness (QED) is 0.366. The molecule has 36 heavy (non-hydrogen) atoms. The predicted molar refractivity (Wildman–Crippen MR) is 144 cm³/mol. The van der Waals surface area contributed by atoms with E-state index in [9.17, 15) is 4.79 Å². The SMILES string of the molecule is C[C@](C(=O)O[C@H]1C[N+]2(CCc3c[nH]c4ccccc34)CCC1CC2)(c1ccccc1)N1CCCCC1. The first-order valence-corrected chi connectivity index (χ1v) is 14.0. The Balaban J connectivity index is 1.19. The van der Waals surface area contributed by atoms with Gasteiger partial charge in [0.25, 0.3) is 0 Å². The van der Waals surface area contributed by atoms with Gasteiger partial charge in [-0.1, -0.05) is 55.0 Å². The van der Waals surface area contributed by atoms with Gasteiger partial charge in [0.1, 0.15) is 12.1 Å². The lowest BCUT2D eigenvalue weighted by Gasteiger charge is -2.52. The van der Waals surface area contributed by atoms with E-state index >= 15 is 0 Å². The largest absolute Gasteiger partial charge is 0.454 e. The number of carbonyl (C=O) groups is 1. The second kappa shape index (κ2) is 9.68. The summed E-state index contributed by atoms with van der Waals surface area (Å²) in [5, 5.41) is 1.34. The number of likely N-dealkylation sites (tertiary alicyclic amines) is 1. The summed E-state index contributed by atoms with van der Waals surface area (Å²) in [6.45, 7) is 8.51. The molecule has 0 saturated carbocycles. The second-order valence-electron chi connectivity index (χ2n) is 11.6. The molecule has 2 bridgehead atoms. The Morgan fingerprint density at radius 2 is 1.75 bits per heavy atom. The Bertz CT molecular complexity index is 1190. The molecule has 190 valence electrons. The molecule has 3 aromatic rings. The van der Waals surface area contributed by atoms with Gasteiger partial charge in [-0.15, -0.1) is 0 Å². The van der Waals surface area contributed by atoms with E-state index in [2.05, 4.69) is 59.4 Å². The molecule has 0 amide bonds. The van der Waals surface area contributed by atoms with Crippen molar-refractivity contribution in [2.45, 2.75) is 57.1 Å². The molecule has 2 aromatic carbocycles. The first kappa shape index (κ1) is 23.7. The van der Waals surface area contributed by atoms with Crippen molar-refractivity contribution in [1.82, 2.24) is 9.88 Å². The van der Waals surface area contributed by atoms with E-state index in [-0.39, 0.29) is 12.1 Å². The lowest BCUT2D eigenvalue weighted by atomic mass is 9.82. The van der Waals surface area contributed by atoms with Crippen molar-refractivity contribution in [3.05, 3.63) is 71.9 Å². The third-order valence-corrected chi connectivity index (χ3v) is 9.55. The minimum atomic E-state index is -0.720. The summed E-state index contributed by atoms with van der Waals surface area (Å²) in [5.74, 6) is 0.451. The average molecular weight is 487 g/mol. The number of hydrogen-bond donors (Lipinski definition) is 1. The molecule has 0 aliphatic carbocycles. The lowest BCUT2D eigenvalue weighted by Crippen LogP contribution is -2.65. The summed E-state index contributed by atoms with van der Waals surface area (Å²) in [6.07, 6.45) is 9.14. The summed E-state index contributed by atoms with van der Waals surface area (Å²) in [7, 11) is 0. The van der Waals surface area contributed by atoms with E-state index in [1.165, 1.54) is 36.0 Å². The van der Waals surface area contributed by atoms with E-state index in [1.54, 1.807) is 0 Å². The zero-order valence-corrected chi connectivity index (χ0v) is 21.6. The lowest BCUT2D eigenvalue weighted by molar-refractivity contribution is -0.946. The van der Waals surface area contributed by atoms with Gasteiger partial charge >= 0.3 is 5.97 Å². The van der Waals surface area contributed by atoms with E-state index in [0.29, 0.717) is 5.92 Å². The number of carbonyl (C=O) groups excluding carboxylic acids is 1. The van der Waals surface area contributed by atoms with Crippen LogP contribution in [0, 0.1) is 5.92 Å². The van der Waals surface area contributed by atoms with Crippen molar-refractivity contribution < 1.29 is 14.0 Å². The van der Waals surface area contributed by atoms with Gasteiger partial charge in [-0.2, -0.15) is 0 Å². The maximum absolute atomic E-state index is 14.0. The Morgan fingerprint density at radius 1 is 1.03 bits per heavy atom. The van der Waals surface area contributed by atoms with Gasteiger partial charge in [-0.05, 0) is 50.0 Å². The van der Waals surface area contributed by atoms with Gasteiger partial charge in [0.15, 0.2) is 6.10 Å². The van der Waals surface area contributed by atoms with Crippen LogP contribution in [-0.2, 0) is 21.5 Å². The number of nitrogens with one attached hydrogen (secondary N) is 1. The van der Waals surface area contributed by atoms with E-state index in [1.807, 2.05) is 18.2 Å². The van der Waals surface area contributed by atoms with E-state index < -0.39 is 5.54 Å². The van der Waals surface area contributed by atoms with Gasteiger partial charge in [0.2, 0.25) is 0 Å². The van der Waals surface area contributed by atoms with Crippen LogP contribution in [0.4, 0.5) is 0 Å². The number of piperidine rings is 4. The number of hydrogen-bond acceptors (Lipinski definition) is 3. The van der Waals surface area contributed by atoms with Crippen molar-refractivity contribution in [2.24, 2.45) is 5.92 Å². The topological polar surface area (TPSA) is 45.3 Å². The number of esters is 1. The molecule has 7 rings (SSSR count). The molecular weight excluding hydrogens is 446 g/mol. The molecule has 5 heteroatoms. The zero-order valence-electron chi connectivity index (χ0n) is 21.6. The fourth-order valence-electron chi connectivity index (χ4n) is 7.15. The molecule has 2 atom stereocenters. The number of quaternary nitrogens is 1. The van der Waals surface area contributed by atoms with Gasteiger partial charge in [-0.3, -0.25) is 4.90 Å². The molecule has 4 aliphatic rings. The molecule has 0 unspecified atom stereocenters. The molecule has 0 spiro atoms. The average Bonchev–Trinajstić information content (AvgIpc) is 3.36. The van der Waals surface area contributed by atoms with Crippen LogP contribution in [0.2, 0.25) is 0 Å². The molecule has 4 aliphatic heterocycles. The van der Waals surface area contributed by atoms with Crippen LogP contribution in [0.15, 0.2) is 60.8 Å². The summed E-state index contributed by atoms with van der Waals surface area (Å²) < 4.78 is 7.61. The number of fused-ring (bicyclic) bond motifs is 4. The normalized spacial score (nSPS) is 28.1. The third kappa shape index (κ3) is 4.26. The smallest absolute Gasteiger partial charge is 0.331 e. The first-order valence-electron chi connectivity index (χ1n) is 14.0. The van der Waals surface area contributed by atoms with Crippen molar-refractivity contribution in [3.8, 4) is 0 Å². The van der Waals surface area contributed by atoms with E-state index in [0.717, 1.165) is 68.3 Å². The number of ether oxygens (including phenoxy) is 1. The predicted octanol–water partition coefficient (Wildman–Crippen LogP) is 5.26. The van der Waals surface area contributed by atoms with Crippen LogP contribution in [0.25, 0.3) is 10.9 Å². The molecular formula is C31H40N3O2+. The molecule has 4 fully saturated rings. The number of aromatic amines is 1. The highest BCUT2D eigenvalue weighted by Crippen LogP contribution is 2.39. The molecule has 0 radical (unpaired) electrons. The fourth-order valence-corrected chi connectivity index (χ4v) is 7.15. The second-order valence-corrected chi connectivity index (χ2v) is 11.6. The summed E-state index contributed by atoms with van der Waals surface area (Å²) in [5.41, 5.74) is 2.96. The van der Waals surface area contributed by atoms with Crippen LogP contribution < -0.4 is 0 Å². The number of rotatable bonds is 7. The summed E-state index contributed by atoms with van der Waals surface area (Å²) in [4.78, 5) is 19.8. The molecule has 1 aromatic heterocycles. The Hall–Kier alpha value is -2.63. The first-order chi connectivity index (χ1) is 17.6. The highest BCUT2D eigenvalue weighted by atomic mass is 16.5. The minimum absolute atomic E-state index is 0.0239. The fraction of sp³-hybridized carbons (Fsp3) is 0.516. The van der Waals surface area contributed by atoms with Crippen LogP contribution in [0.5, 0.6) is 0 Å². The van der Waals surface area contributed by atoms with Crippen LogP contribution in [0.3, 0.4) is 0 Å². The number of H-pyrrole nitrogens is 1. The third-order valence-electron chi connectivity index (χ3n) is 9.55. The molecule has 5 nitrogen and oxygen atoms in total. The van der Waals surface area contributed by atoms with Crippen LogP contribution >= 0.6 is 0 Å². The van der Waals surface area contributed by atoms with Crippen molar-refractivity contribution in [2.75, 3.05) is 39.3 Å². The van der Waals surface area contributed by atoms with Crippen LogP contribution in [-0.4, -0.2) is 65.7 Å². The highest BCUT2D eigenvalue weighted by Gasteiger charge is 2.50. The number of nitrogens with zero attached hydrogens (tertiary/aromatic N) is 2. The van der Waals surface area contributed by atoms with Crippen molar-refractivity contribution in [3.63, 3.8) is 0 Å². The Labute approximate surface area is 215 Å². The standard InChI is InChI=1S/C31H40N3O2/c1-31(26-10-4-2-5-11-26,33-17-8-3-9-18-33)30(35)36-29-23-34(19-14-24(29)15-20-34)21-16-25-22-32-28-13-7-6-12-27(25)28/h2,4-7,10-13,22,24,29,32H,3,8-9,14-21,23H2,1H3/q+1/t24?,29-,31+,34?/m0/s1. The van der Waals surface area contributed by atoms with E-state index in [4.69, 9.17) is 4.74 Å². The van der Waals surface area contributed by atoms with Gasteiger partial charge < -0.3 is 14.2 Å². The van der Waals surface area contributed by atoms with Crippen LogP contribution in [0.1, 0.15) is 50.2 Å². The summed E-state index contributed by atoms with van der Waals surface area (Å²) in [6, 6.07) is 18.9. The van der Waals surface area contributed by atoms with Crippen molar-refractivity contribution in [1.29, 1.82) is 0 Å². The molecule has 1 N–H and O–H groups in total. The number of aromatic nitrogens is 1. The van der Waals surface area contributed by atoms with Gasteiger partial charge in [-0.25, -0.2) is 4.79 Å². The maximum Gasteiger partial charge on any atom is 0.331 e.